The van der Waals surface area contributed by atoms with Crippen molar-refractivity contribution in [2.45, 2.75) is 13.1 Å². The first kappa shape index (κ1) is 16.4. The molecule has 0 bridgehead atoms. The van der Waals surface area contributed by atoms with Gasteiger partial charge >= 0.3 is 12.1 Å². The SMILES string of the molecule is COC(=O)COc1cc(C)nc2cc(C(F)(F)F)c(Cl)cc12. The van der Waals surface area contributed by atoms with Crippen LogP contribution in [0.3, 0.4) is 0 Å². The third kappa shape index (κ3) is 3.41. The molecule has 0 aliphatic carbocycles. The second kappa shape index (κ2) is 6.00. The number of hydrogen-bond donors (Lipinski definition) is 0. The van der Waals surface area contributed by atoms with Gasteiger partial charge in [-0.2, -0.15) is 13.2 Å². The largest absolute Gasteiger partial charge is 0.481 e. The number of methoxy groups -OCH3 is 1. The van der Waals surface area contributed by atoms with Crippen molar-refractivity contribution in [3.63, 3.8) is 0 Å². The van der Waals surface area contributed by atoms with Crippen molar-refractivity contribution in [1.29, 1.82) is 0 Å². The van der Waals surface area contributed by atoms with Crippen molar-refractivity contribution >= 4 is 28.5 Å². The zero-order valence-electron chi connectivity index (χ0n) is 11.6. The van der Waals surface area contributed by atoms with Gasteiger partial charge in [0.25, 0.3) is 0 Å². The standard InChI is InChI=1S/C14H11ClF3NO3/c1-7-3-12(22-6-13(20)21-2)8-4-10(15)9(14(16,17)18)5-11(8)19-7/h3-5H,6H2,1-2H3. The number of nitrogens with zero attached hydrogens (tertiary/aromatic N) is 1. The second-order valence-corrected chi connectivity index (χ2v) is 4.88. The molecule has 0 spiro atoms. The quantitative estimate of drug-likeness (QED) is 0.802. The zero-order chi connectivity index (χ0) is 16.5. The maximum Gasteiger partial charge on any atom is 0.417 e. The minimum Gasteiger partial charge on any atom is -0.481 e. The lowest BCUT2D eigenvalue weighted by atomic mass is 10.1. The molecular weight excluding hydrogens is 323 g/mol. The number of aryl methyl sites for hydroxylation is 1. The van der Waals surface area contributed by atoms with Crippen molar-refractivity contribution < 1.29 is 27.4 Å². The molecule has 8 heteroatoms. The van der Waals surface area contributed by atoms with Crippen molar-refractivity contribution in [1.82, 2.24) is 4.98 Å². The molecule has 0 amide bonds. The molecule has 0 unspecified atom stereocenters. The van der Waals surface area contributed by atoms with Crippen LogP contribution in [0, 0.1) is 6.92 Å². The summed E-state index contributed by atoms with van der Waals surface area (Å²) in [6.07, 6.45) is -4.58. The van der Waals surface area contributed by atoms with Gasteiger partial charge < -0.3 is 9.47 Å². The van der Waals surface area contributed by atoms with E-state index in [-0.39, 0.29) is 23.3 Å². The highest BCUT2D eigenvalue weighted by Crippen LogP contribution is 2.38. The summed E-state index contributed by atoms with van der Waals surface area (Å²) >= 11 is 5.69. The molecule has 2 rings (SSSR count). The number of hydrogen-bond acceptors (Lipinski definition) is 4. The number of pyridine rings is 1. The molecule has 0 aliphatic heterocycles. The molecule has 0 saturated carbocycles. The van der Waals surface area contributed by atoms with Crippen LogP contribution in [0.15, 0.2) is 18.2 Å². The van der Waals surface area contributed by atoms with E-state index in [0.717, 1.165) is 12.1 Å². The van der Waals surface area contributed by atoms with Crippen LogP contribution in [0.2, 0.25) is 5.02 Å². The van der Waals surface area contributed by atoms with E-state index in [2.05, 4.69) is 9.72 Å². The third-order valence-electron chi connectivity index (χ3n) is 2.87. The Morgan fingerprint density at radius 3 is 2.59 bits per heavy atom. The van der Waals surface area contributed by atoms with Crippen LogP contribution >= 0.6 is 11.6 Å². The maximum atomic E-state index is 12.9. The van der Waals surface area contributed by atoms with E-state index in [1.807, 2.05) is 0 Å². The van der Waals surface area contributed by atoms with Gasteiger partial charge in [0.15, 0.2) is 6.61 Å². The average molecular weight is 334 g/mol. The molecule has 118 valence electrons. The summed E-state index contributed by atoms with van der Waals surface area (Å²) in [5.41, 5.74) is -0.446. The number of alkyl halides is 3. The highest BCUT2D eigenvalue weighted by molar-refractivity contribution is 6.32. The Balaban J connectivity index is 2.54. The lowest BCUT2D eigenvalue weighted by Crippen LogP contribution is -2.13. The number of carbonyl (C=O) groups is 1. The predicted molar refractivity (Wildman–Crippen MR) is 74.0 cm³/mol. The number of rotatable bonds is 3. The molecule has 0 aliphatic rings. The minimum atomic E-state index is -4.58. The van der Waals surface area contributed by atoms with E-state index < -0.39 is 22.7 Å². The summed E-state index contributed by atoms with van der Waals surface area (Å²) in [7, 11) is 1.20. The molecule has 4 nitrogen and oxygen atoms in total. The summed E-state index contributed by atoms with van der Waals surface area (Å²) in [6.45, 7) is 1.24. The summed E-state index contributed by atoms with van der Waals surface area (Å²) in [5, 5.41) is -0.180. The number of carbonyl (C=O) groups excluding carboxylic acids is 1. The van der Waals surface area contributed by atoms with Gasteiger partial charge in [0.05, 0.1) is 23.2 Å². The van der Waals surface area contributed by atoms with Gasteiger partial charge in [0.1, 0.15) is 5.75 Å². The third-order valence-corrected chi connectivity index (χ3v) is 3.18. The number of ether oxygens (including phenoxy) is 2. The Morgan fingerprint density at radius 2 is 2.00 bits per heavy atom. The van der Waals surface area contributed by atoms with Gasteiger partial charge in [-0.1, -0.05) is 11.6 Å². The lowest BCUT2D eigenvalue weighted by molar-refractivity contribution is -0.143. The first-order valence-corrected chi connectivity index (χ1v) is 6.48. The van der Waals surface area contributed by atoms with Gasteiger partial charge in [-0.3, -0.25) is 4.98 Å². The first-order chi connectivity index (χ1) is 10.2. The minimum absolute atomic E-state index is 0.0802. The average Bonchev–Trinajstić information content (AvgIpc) is 2.43. The van der Waals surface area contributed by atoms with E-state index >= 15 is 0 Å². The van der Waals surface area contributed by atoms with E-state index in [0.29, 0.717) is 5.69 Å². The fourth-order valence-electron chi connectivity index (χ4n) is 1.87. The van der Waals surface area contributed by atoms with Crippen LogP contribution in [0.5, 0.6) is 5.75 Å². The highest BCUT2D eigenvalue weighted by Gasteiger charge is 2.33. The van der Waals surface area contributed by atoms with Crippen molar-refractivity contribution in [3.05, 3.63) is 34.5 Å². The van der Waals surface area contributed by atoms with Crippen LogP contribution in [0.25, 0.3) is 10.9 Å². The van der Waals surface area contributed by atoms with Gasteiger partial charge in [0, 0.05) is 17.1 Å². The van der Waals surface area contributed by atoms with Gasteiger partial charge in [-0.25, -0.2) is 4.79 Å². The van der Waals surface area contributed by atoms with Crippen molar-refractivity contribution in [2.75, 3.05) is 13.7 Å². The summed E-state index contributed by atoms with van der Waals surface area (Å²) < 4.78 is 48.3. The van der Waals surface area contributed by atoms with Gasteiger partial charge in [-0.15, -0.1) is 0 Å². The topological polar surface area (TPSA) is 48.4 Å². The van der Waals surface area contributed by atoms with Crippen LogP contribution in [-0.2, 0) is 15.7 Å². The van der Waals surface area contributed by atoms with E-state index in [1.165, 1.54) is 13.2 Å². The molecular formula is C14H11ClF3NO3. The number of fused-ring (bicyclic) bond motifs is 1. The van der Waals surface area contributed by atoms with E-state index in [4.69, 9.17) is 16.3 Å². The zero-order valence-corrected chi connectivity index (χ0v) is 12.4. The second-order valence-electron chi connectivity index (χ2n) is 4.47. The van der Waals surface area contributed by atoms with E-state index in [9.17, 15) is 18.0 Å². The summed E-state index contributed by atoms with van der Waals surface area (Å²) in [5.74, 6) is -0.399. The lowest BCUT2D eigenvalue weighted by Gasteiger charge is -2.13. The Kier molecular flexibility index (Phi) is 4.46. The van der Waals surface area contributed by atoms with E-state index in [1.54, 1.807) is 6.92 Å². The molecule has 0 N–H and O–H groups in total. The fraction of sp³-hybridized carbons (Fsp3) is 0.286. The summed E-state index contributed by atoms with van der Waals surface area (Å²) in [6, 6.07) is 3.49. The normalized spacial score (nSPS) is 11.5. The molecule has 1 heterocycles. The Hall–Kier alpha value is -2.02. The predicted octanol–water partition coefficient (Wildman–Crippen LogP) is 3.77. The Bertz CT molecular complexity index is 731. The maximum absolute atomic E-state index is 12.9. The molecule has 1 aromatic heterocycles. The summed E-state index contributed by atoms with van der Waals surface area (Å²) in [4.78, 5) is 15.2. The number of benzene rings is 1. The number of esters is 1. The van der Waals surface area contributed by atoms with Crippen LogP contribution in [0.4, 0.5) is 13.2 Å². The fourth-order valence-corrected chi connectivity index (χ4v) is 2.14. The molecule has 2 aromatic rings. The van der Waals surface area contributed by atoms with Crippen LogP contribution < -0.4 is 4.74 Å². The monoisotopic (exact) mass is 333 g/mol. The van der Waals surface area contributed by atoms with Gasteiger partial charge in [-0.05, 0) is 19.1 Å². The first-order valence-electron chi connectivity index (χ1n) is 6.10. The van der Waals surface area contributed by atoms with Crippen LogP contribution in [-0.4, -0.2) is 24.7 Å². The molecule has 0 fully saturated rings. The van der Waals surface area contributed by atoms with Gasteiger partial charge in [0.2, 0.25) is 0 Å². The Morgan fingerprint density at radius 1 is 1.32 bits per heavy atom. The highest BCUT2D eigenvalue weighted by atomic mass is 35.5. The molecule has 22 heavy (non-hydrogen) atoms. The number of aromatic nitrogens is 1. The van der Waals surface area contributed by atoms with Crippen LogP contribution in [0.1, 0.15) is 11.3 Å². The molecule has 0 saturated heterocycles. The number of halogens is 4. The molecule has 1 aromatic carbocycles. The van der Waals surface area contributed by atoms with Crippen molar-refractivity contribution in [3.8, 4) is 5.75 Å². The molecule has 0 radical (unpaired) electrons. The Labute approximate surface area is 128 Å². The molecule has 0 atom stereocenters. The smallest absolute Gasteiger partial charge is 0.417 e. The van der Waals surface area contributed by atoms with Crippen molar-refractivity contribution in [2.24, 2.45) is 0 Å².